The summed E-state index contributed by atoms with van der Waals surface area (Å²) in [5.41, 5.74) is 2.09. The van der Waals surface area contributed by atoms with Gasteiger partial charge in [-0.25, -0.2) is 8.42 Å². The Morgan fingerprint density at radius 2 is 1.85 bits per heavy atom. The van der Waals surface area contributed by atoms with E-state index < -0.39 is 15.1 Å². The molecule has 0 saturated carbocycles. The van der Waals surface area contributed by atoms with Gasteiger partial charge in [-0.1, -0.05) is 53.1 Å². The van der Waals surface area contributed by atoms with Crippen molar-refractivity contribution >= 4 is 15.7 Å². The van der Waals surface area contributed by atoms with Crippen LogP contribution in [0.25, 0.3) is 0 Å². The third kappa shape index (κ3) is 4.34. The van der Waals surface area contributed by atoms with E-state index in [2.05, 4.69) is 15.5 Å². The van der Waals surface area contributed by atoms with Gasteiger partial charge in [-0.2, -0.15) is 0 Å². The van der Waals surface area contributed by atoms with Gasteiger partial charge in [0.15, 0.2) is 0 Å². The molecule has 0 aliphatic rings. The third-order valence-corrected chi connectivity index (χ3v) is 5.00. The first-order chi connectivity index (χ1) is 12.4. The molecular weight excluding hydrogens is 354 g/mol. The van der Waals surface area contributed by atoms with E-state index in [1.165, 1.54) is 0 Å². The summed E-state index contributed by atoms with van der Waals surface area (Å²) < 4.78 is 29.9. The van der Waals surface area contributed by atoms with Crippen molar-refractivity contribution in [2.24, 2.45) is 0 Å². The lowest BCUT2D eigenvalue weighted by Crippen LogP contribution is -2.23. The Kier molecular flexibility index (Phi) is 5.13. The SMILES string of the molecule is Cc1cccc(C(=O)NCc2nnc(S(=O)(=O)Cc3ccccc3)o2)c1. The maximum Gasteiger partial charge on any atom is 0.335 e. The van der Waals surface area contributed by atoms with E-state index >= 15 is 0 Å². The molecule has 3 rings (SSSR count). The smallest absolute Gasteiger partial charge is 0.335 e. The molecule has 7 nitrogen and oxygen atoms in total. The third-order valence-electron chi connectivity index (χ3n) is 3.59. The molecule has 0 atom stereocenters. The zero-order valence-electron chi connectivity index (χ0n) is 14.0. The van der Waals surface area contributed by atoms with Gasteiger partial charge in [0.05, 0.1) is 12.3 Å². The zero-order valence-corrected chi connectivity index (χ0v) is 14.9. The molecule has 0 bridgehead atoms. The minimum absolute atomic E-state index is 0.0256. The number of aromatic nitrogens is 2. The molecule has 3 aromatic rings. The lowest BCUT2D eigenvalue weighted by molar-refractivity contribution is 0.0946. The summed E-state index contributed by atoms with van der Waals surface area (Å²) in [5.74, 6) is -0.510. The number of hydrogen-bond donors (Lipinski definition) is 1. The molecular formula is C18H17N3O4S. The monoisotopic (exact) mass is 371 g/mol. The Labute approximate surface area is 151 Å². The van der Waals surface area contributed by atoms with Crippen molar-refractivity contribution in [1.82, 2.24) is 15.5 Å². The zero-order chi connectivity index (χ0) is 18.6. The summed E-state index contributed by atoms with van der Waals surface area (Å²) in [6.07, 6.45) is 0. The molecule has 1 amide bonds. The number of rotatable bonds is 6. The van der Waals surface area contributed by atoms with E-state index in [1.54, 1.807) is 48.5 Å². The van der Waals surface area contributed by atoms with Crippen LogP contribution in [0.2, 0.25) is 0 Å². The van der Waals surface area contributed by atoms with Gasteiger partial charge >= 0.3 is 5.22 Å². The molecule has 1 N–H and O–H groups in total. The molecule has 0 radical (unpaired) electrons. The molecule has 0 spiro atoms. The fourth-order valence-corrected chi connectivity index (χ4v) is 3.48. The molecule has 2 aromatic carbocycles. The number of benzene rings is 2. The summed E-state index contributed by atoms with van der Waals surface area (Å²) in [5, 5.41) is 9.46. The summed E-state index contributed by atoms with van der Waals surface area (Å²) >= 11 is 0. The summed E-state index contributed by atoms with van der Waals surface area (Å²) in [4.78, 5) is 12.1. The molecule has 8 heteroatoms. The lowest BCUT2D eigenvalue weighted by Gasteiger charge is -2.03. The second-order valence-electron chi connectivity index (χ2n) is 5.76. The number of sulfone groups is 1. The second kappa shape index (κ2) is 7.49. The Morgan fingerprint density at radius 1 is 1.08 bits per heavy atom. The van der Waals surface area contributed by atoms with Gasteiger partial charge in [0.1, 0.15) is 0 Å². The quantitative estimate of drug-likeness (QED) is 0.713. The van der Waals surface area contributed by atoms with Crippen molar-refractivity contribution in [2.45, 2.75) is 24.4 Å². The number of carbonyl (C=O) groups is 1. The van der Waals surface area contributed by atoms with Crippen LogP contribution in [0, 0.1) is 6.92 Å². The standard InChI is InChI=1S/C18H17N3O4S/c1-13-6-5-9-15(10-13)17(22)19-11-16-20-21-18(25-16)26(23,24)12-14-7-3-2-4-8-14/h2-10H,11-12H2,1H3,(H,19,22). The summed E-state index contributed by atoms with van der Waals surface area (Å²) in [7, 11) is -3.74. The van der Waals surface area contributed by atoms with Crippen molar-refractivity contribution in [3.05, 3.63) is 77.2 Å². The van der Waals surface area contributed by atoms with Gasteiger partial charge in [0.2, 0.25) is 15.7 Å². The van der Waals surface area contributed by atoms with Crippen molar-refractivity contribution in [3.63, 3.8) is 0 Å². The molecule has 0 aliphatic heterocycles. The molecule has 26 heavy (non-hydrogen) atoms. The number of nitrogens with zero attached hydrogens (tertiary/aromatic N) is 2. The summed E-state index contributed by atoms with van der Waals surface area (Å²) in [6, 6.07) is 15.8. The molecule has 0 aliphatic carbocycles. The predicted molar refractivity (Wildman–Crippen MR) is 94.0 cm³/mol. The fraction of sp³-hybridized carbons (Fsp3) is 0.167. The molecule has 0 saturated heterocycles. The average Bonchev–Trinajstić information content (AvgIpc) is 3.10. The van der Waals surface area contributed by atoms with Crippen LogP contribution in [0.1, 0.15) is 27.4 Å². The number of nitrogens with one attached hydrogen (secondary N) is 1. The van der Waals surface area contributed by atoms with Crippen LogP contribution >= 0.6 is 0 Å². The topological polar surface area (TPSA) is 102 Å². The molecule has 1 aromatic heterocycles. The molecule has 134 valence electrons. The minimum atomic E-state index is -3.74. The Bertz CT molecular complexity index is 1010. The van der Waals surface area contributed by atoms with Crippen LogP contribution in [-0.4, -0.2) is 24.5 Å². The van der Waals surface area contributed by atoms with Crippen LogP contribution in [0.5, 0.6) is 0 Å². The Morgan fingerprint density at radius 3 is 2.58 bits per heavy atom. The molecule has 0 fully saturated rings. The molecule has 0 unspecified atom stereocenters. The van der Waals surface area contributed by atoms with Gasteiger partial charge in [0, 0.05) is 5.56 Å². The van der Waals surface area contributed by atoms with Crippen molar-refractivity contribution in [2.75, 3.05) is 0 Å². The minimum Gasteiger partial charge on any atom is -0.411 e. The van der Waals surface area contributed by atoms with E-state index in [-0.39, 0.29) is 24.1 Å². The predicted octanol–water partition coefficient (Wildman–Crippen LogP) is 2.28. The number of amides is 1. The van der Waals surface area contributed by atoms with Crippen LogP contribution in [0.15, 0.2) is 64.2 Å². The van der Waals surface area contributed by atoms with Gasteiger partial charge in [-0.3, -0.25) is 4.79 Å². The van der Waals surface area contributed by atoms with Crippen molar-refractivity contribution < 1.29 is 17.6 Å². The first-order valence-corrected chi connectivity index (χ1v) is 9.53. The maximum absolute atomic E-state index is 12.3. The van der Waals surface area contributed by atoms with Gasteiger partial charge in [-0.05, 0) is 24.6 Å². The van der Waals surface area contributed by atoms with E-state index in [1.807, 2.05) is 13.0 Å². The summed E-state index contributed by atoms with van der Waals surface area (Å²) in [6.45, 7) is 1.83. The van der Waals surface area contributed by atoms with Crippen molar-refractivity contribution in [3.8, 4) is 0 Å². The number of hydrogen-bond acceptors (Lipinski definition) is 6. The Balaban J connectivity index is 1.65. The average molecular weight is 371 g/mol. The highest BCUT2D eigenvalue weighted by molar-refractivity contribution is 7.90. The van der Waals surface area contributed by atoms with Crippen LogP contribution in [0.3, 0.4) is 0 Å². The lowest BCUT2D eigenvalue weighted by atomic mass is 10.1. The van der Waals surface area contributed by atoms with E-state index in [4.69, 9.17) is 4.42 Å². The highest BCUT2D eigenvalue weighted by Crippen LogP contribution is 2.15. The Hall–Kier alpha value is -3.00. The maximum atomic E-state index is 12.3. The van der Waals surface area contributed by atoms with Crippen LogP contribution in [-0.2, 0) is 22.1 Å². The highest BCUT2D eigenvalue weighted by Gasteiger charge is 2.23. The molecule has 1 heterocycles. The fourth-order valence-electron chi connectivity index (χ4n) is 2.33. The van der Waals surface area contributed by atoms with Gasteiger partial charge in [0.25, 0.3) is 5.91 Å². The number of carbonyl (C=O) groups excluding carboxylic acids is 1. The number of aryl methyl sites for hydroxylation is 1. The van der Waals surface area contributed by atoms with Crippen LogP contribution in [0.4, 0.5) is 0 Å². The second-order valence-corrected chi connectivity index (χ2v) is 7.63. The highest BCUT2D eigenvalue weighted by atomic mass is 32.2. The first kappa shape index (κ1) is 17.8. The van der Waals surface area contributed by atoms with Crippen LogP contribution < -0.4 is 5.32 Å². The van der Waals surface area contributed by atoms with Gasteiger partial charge in [-0.15, -0.1) is 5.10 Å². The first-order valence-electron chi connectivity index (χ1n) is 7.88. The normalized spacial score (nSPS) is 11.3. The largest absolute Gasteiger partial charge is 0.411 e. The van der Waals surface area contributed by atoms with E-state index in [9.17, 15) is 13.2 Å². The van der Waals surface area contributed by atoms with Gasteiger partial charge < -0.3 is 9.73 Å². The van der Waals surface area contributed by atoms with E-state index in [0.717, 1.165) is 5.56 Å². The van der Waals surface area contributed by atoms with Crippen molar-refractivity contribution in [1.29, 1.82) is 0 Å². The van der Waals surface area contributed by atoms with E-state index in [0.29, 0.717) is 11.1 Å².